The number of nitrogens with zero attached hydrogens (tertiary/aromatic N) is 1. The first-order chi connectivity index (χ1) is 12.1. The highest BCUT2D eigenvalue weighted by atomic mass is 16.5. The van der Waals surface area contributed by atoms with Crippen LogP contribution in [0.25, 0.3) is 0 Å². The number of methoxy groups -OCH3 is 1. The Morgan fingerprint density at radius 2 is 1.80 bits per heavy atom. The predicted octanol–water partition coefficient (Wildman–Crippen LogP) is 1.72. The van der Waals surface area contributed by atoms with E-state index in [1.165, 1.54) is 18.2 Å². The lowest BCUT2D eigenvalue weighted by atomic mass is 10.1. The van der Waals surface area contributed by atoms with Crippen LogP contribution in [0.3, 0.4) is 0 Å². The van der Waals surface area contributed by atoms with Gasteiger partial charge in [0.05, 0.1) is 33.4 Å². The van der Waals surface area contributed by atoms with Crippen molar-refractivity contribution in [1.82, 2.24) is 4.90 Å². The average molecular weight is 351 g/mol. The van der Waals surface area contributed by atoms with E-state index in [9.17, 15) is 9.59 Å². The summed E-state index contributed by atoms with van der Waals surface area (Å²) in [5.74, 6) is -0.336. The van der Waals surface area contributed by atoms with E-state index in [1.54, 1.807) is 4.90 Å². The molecule has 0 bridgehead atoms. The molecule has 0 aliphatic heterocycles. The van der Waals surface area contributed by atoms with Gasteiger partial charge in [0, 0.05) is 19.5 Å². The number of aryl methyl sites for hydroxylation is 2. The number of hydrogen-bond acceptors (Lipinski definition) is 5. The normalized spacial score (nSPS) is 10.5. The minimum absolute atomic E-state index is 0.00335. The molecule has 0 heterocycles. The third-order valence-corrected chi connectivity index (χ3v) is 3.88. The standard InChI is InChI=1S/C19H29NO5/c1-16-6-8-17(9-7-16)4-3-5-18(22)20(11-10-19(23)24-2)12-14-25-15-13-21/h6-9,21H,3-5,10-15H2,1-2H3. The highest BCUT2D eigenvalue weighted by molar-refractivity contribution is 5.77. The molecule has 0 spiro atoms. The molecule has 1 aromatic carbocycles. The number of carbonyl (C=O) groups is 2. The fraction of sp³-hybridized carbons (Fsp3) is 0.579. The summed E-state index contributed by atoms with van der Waals surface area (Å²) in [6.07, 6.45) is 2.20. The van der Waals surface area contributed by atoms with Crippen molar-refractivity contribution in [2.45, 2.75) is 32.6 Å². The van der Waals surface area contributed by atoms with Crippen molar-refractivity contribution in [2.24, 2.45) is 0 Å². The predicted molar refractivity (Wildman–Crippen MR) is 95.2 cm³/mol. The van der Waals surface area contributed by atoms with Crippen LogP contribution in [0.1, 0.15) is 30.4 Å². The Kier molecular flexibility index (Phi) is 10.5. The quantitative estimate of drug-likeness (QED) is 0.458. The highest BCUT2D eigenvalue weighted by Gasteiger charge is 2.15. The van der Waals surface area contributed by atoms with Crippen LogP contribution in [-0.4, -0.2) is 61.9 Å². The van der Waals surface area contributed by atoms with Gasteiger partial charge in [-0.15, -0.1) is 0 Å². The summed E-state index contributed by atoms with van der Waals surface area (Å²) in [6, 6.07) is 8.30. The molecule has 0 aromatic heterocycles. The smallest absolute Gasteiger partial charge is 0.307 e. The molecule has 140 valence electrons. The molecule has 1 aromatic rings. The molecule has 0 saturated carbocycles. The molecule has 6 nitrogen and oxygen atoms in total. The average Bonchev–Trinajstić information content (AvgIpc) is 2.62. The van der Waals surface area contributed by atoms with Crippen molar-refractivity contribution >= 4 is 11.9 Å². The van der Waals surface area contributed by atoms with Gasteiger partial charge >= 0.3 is 5.97 Å². The number of rotatable bonds is 12. The fourth-order valence-electron chi connectivity index (χ4n) is 2.39. The summed E-state index contributed by atoms with van der Waals surface area (Å²) in [5.41, 5.74) is 2.43. The Balaban J connectivity index is 2.42. The number of aliphatic hydroxyl groups is 1. The monoisotopic (exact) mass is 351 g/mol. The van der Waals surface area contributed by atoms with Gasteiger partial charge in [-0.2, -0.15) is 0 Å². The number of hydrogen-bond donors (Lipinski definition) is 1. The minimum atomic E-state index is -0.339. The molecule has 0 aliphatic carbocycles. The van der Waals surface area contributed by atoms with Crippen molar-refractivity contribution in [3.8, 4) is 0 Å². The molecule has 1 rings (SSSR count). The van der Waals surface area contributed by atoms with Gasteiger partial charge in [-0.05, 0) is 25.3 Å². The summed E-state index contributed by atoms with van der Waals surface area (Å²) < 4.78 is 9.85. The van der Waals surface area contributed by atoms with Crippen molar-refractivity contribution in [3.05, 3.63) is 35.4 Å². The van der Waals surface area contributed by atoms with Crippen LogP contribution in [0.15, 0.2) is 24.3 Å². The van der Waals surface area contributed by atoms with Crippen molar-refractivity contribution in [2.75, 3.05) is 40.0 Å². The van der Waals surface area contributed by atoms with Gasteiger partial charge in [-0.25, -0.2) is 0 Å². The van der Waals surface area contributed by atoms with Gasteiger partial charge in [0.1, 0.15) is 0 Å². The zero-order chi connectivity index (χ0) is 18.5. The maximum absolute atomic E-state index is 12.4. The van der Waals surface area contributed by atoms with Gasteiger partial charge in [0.25, 0.3) is 0 Å². The molecule has 1 amide bonds. The summed E-state index contributed by atoms with van der Waals surface area (Å²) in [4.78, 5) is 25.4. The zero-order valence-electron chi connectivity index (χ0n) is 15.2. The number of aliphatic hydroxyl groups excluding tert-OH is 1. The van der Waals surface area contributed by atoms with E-state index in [4.69, 9.17) is 9.84 Å². The first kappa shape index (κ1) is 21.1. The Morgan fingerprint density at radius 3 is 2.44 bits per heavy atom. The SMILES string of the molecule is COC(=O)CCN(CCOCCO)C(=O)CCCc1ccc(C)cc1. The largest absolute Gasteiger partial charge is 0.469 e. The molecular weight excluding hydrogens is 322 g/mol. The third-order valence-electron chi connectivity index (χ3n) is 3.88. The van der Waals surface area contributed by atoms with E-state index < -0.39 is 0 Å². The maximum atomic E-state index is 12.4. The van der Waals surface area contributed by atoms with Gasteiger partial charge < -0.3 is 19.5 Å². The molecule has 0 unspecified atom stereocenters. The fourth-order valence-corrected chi connectivity index (χ4v) is 2.39. The second kappa shape index (κ2) is 12.4. The molecule has 25 heavy (non-hydrogen) atoms. The molecule has 0 atom stereocenters. The van der Waals surface area contributed by atoms with Crippen LogP contribution >= 0.6 is 0 Å². The van der Waals surface area contributed by atoms with Crippen molar-refractivity contribution < 1.29 is 24.2 Å². The maximum Gasteiger partial charge on any atom is 0.307 e. The van der Waals surface area contributed by atoms with Crippen LogP contribution in [-0.2, 0) is 25.5 Å². The lowest BCUT2D eigenvalue weighted by Gasteiger charge is -2.22. The Hall–Kier alpha value is -1.92. The van der Waals surface area contributed by atoms with Crippen molar-refractivity contribution in [3.63, 3.8) is 0 Å². The number of ether oxygens (including phenoxy) is 2. The first-order valence-electron chi connectivity index (χ1n) is 8.65. The number of carbonyl (C=O) groups excluding carboxylic acids is 2. The summed E-state index contributed by atoms with van der Waals surface area (Å²) in [6.45, 7) is 3.30. The lowest BCUT2D eigenvalue weighted by molar-refractivity contribution is -0.142. The topological polar surface area (TPSA) is 76.1 Å². The van der Waals surface area contributed by atoms with Gasteiger partial charge in [-0.1, -0.05) is 29.8 Å². The van der Waals surface area contributed by atoms with Crippen LogP contribution < -0.4 is 0 Å². The number of amides is 1. The van der Waals surface area contributed by atoms with Gasteiger partial charge in [-0.3, -0.25) is 9.59 Å². The Labute approximate surface area is 149 Å². The van der Waals surface area contributed by atoms with E-state index in [0.29, 0.717) is 26.1 Å². The van der Waals surface area contributed by atoms with Gasteiger partial charge in [0.2, 0.25) is 5.91 Å². The molecular formula is C19H29NO5. The third kappa shape index (κ3) is 9.22. The Morgan fingerprint density at radius 1 is 1.08 bits per heavy atom. The molecule has 6 heteroatoms. The molecule has 0 fully saturated rings. The van der Waals surface area contributed by atoms with Crippen LogP contribution in [0, 0.1) is 6.92 Å². The van der Waals surface area contributed by atoms with Crippen LogP contribution in [0.5, 0.6) is 0 Å². The van der Waals surface area contributed by atoms with E-state index in [0.717, 1.165) is 12.8 Å². The van der Waals surface area contributed by atoms with E-state index in [2.05, 4.69) is 29.0 Å². The van der Waals surface area contributed by atoms with Crippen molar-refractivity contribution in [1.29, 1.82) is 0 Å². The van der Waals surface area contributed by atoms with E-state index in [-0.39, 0.29) is 31.5 Å². The Bertz CT molecular complexity index is 515. The molecule has 0 saturated heterocycles. The molecule has 0 aliphatic rings. The summed E-state index contributed by atoms with van der Waals surface area (Å²) in [5, 5.41) is 8.72. The molecule has 0 radical (unpaired) electrons. The second-order valence-electron chi connectivity index (χ2n) is 5.88. The molecule has 1 N–H and O–H groups in total. The lowest BCUT2D eigenvalue weighted by Crippen LogP contribution is -2.36. The van der Waals surface area contributed by atoms with Crippen LogP contribution in [0.4, 0.5) is 0 Å². The van der Waals surface area contributed by atoms with Crippen LogP contribution in [0.2, 0.25) is 0 Å². The van der Waals surface area contributed by atoms with Gasteiger partial charge in [0.15, 0.2) is 0 Å². The summed E-state index contributed by atoms with van der Waals surface area (Å²) in [7, 11) is 1.33. The summed E-state index contributed by atoms with van der Waals surface area (Å²) >= 11 is 0. The number of esters is 1. The first-order valence-corrected chi connectivity index (χ1v) is 8.65. The second-order valence-corrected chi connectivity index (χ2v) is 5.88. The van der Waals surface area contributed by atoms with E-state index in [1.807, 2.05) is 6.92 Å². The minimum Gasteiger partial charge on any atom is -0.469 e. The van der Waals surface area contributed by atoms with E-state index >= 15 is 0 Å². The number of benzene rings is 1. The zero-order valence-corrected chi connectivity index (χ0v) is 15.2. The highest BCUT2D eigenvalue weighted by Crippen LogP contribution is 2.09.